The third kappa shape index (κ3) is 62.1. The largest absolute Gasteiger partial charge is 0.472 e. The number of phosphoric acid groups is 2. The first kappa shape index (κ1) is 84.5. The number of phosphoric ester groups is 2. The number of ether oxygens (including phenoxy) is 4. The molecule has 0 spiro atoms. The van der Waals surface area contributed by atoms with Gasteiger partial charge in [-0.15, -0.1) is 0 Å². The van der Waals surface area contributed by atoms with Crippen LogP contribution in [0.5, 0.6) is 0 Å². The summed E-state index contributed by atoms with van der Waals surface area (Å²) in [6, 6.07) is 0. The maximum absolute atomic E-state index is 13.0. The number of aliphatic hydroxyl groups excluding tert-OH is 1. The maximum atomic E-state index is 13.0. The van der Waals surface area contributed by atoms with Crippen molar-refractivity contribution in [1.29, 1.82) is 0 Å². The van der Waals surface area contributed by atoms with E-state index >= 15 is 0 Å². The molecule has 0 saturated carbocycles. The van der Waals surface area contributed by atoms with Crippen LogP contribution in [0.4, 0.5) is 0 Å². The van der Waals surface area contributed by atoms with E-state index in [-0.39, 0.29) is 25.7 Å². The first-order valence-corrected chi connectivity index (χ1v) is 37.9. The van der Waals surface area contributed by atoms with E-state index < -0.39 is 97.5 Å². The highest BCUT2D eigenvalue weighted by molar-refractivity contribution is 7.47. The van der Waals surface area contributed by atoms with Crippen molar-refractivity contribution in [3.63, 3.8) is 0 Å². The molecule has 0 aromatic carbocycles. The zero-order chi connectivity index (χ0) is 64.2. The van der Waals surface area contributed by atoms with Crippen LogP contribution in [0, 0.1) is 5.92 Å². The van der Waals surface area contributed by atoms with E-state index in [0.29, 0.717) is 31.6 Å². The van der Waals surface area contributed by atoms with Gasteiger partial charge in [-0.3, -0.25) is 37.3 Å². The van der Waals surface area contributed by atoms with Crippen LogP contribution >= 0.6 is 15.6 Å². The minimum absolute atomic E-state index is 0.0853. The summed E-state index contributed by atoms with van der Waals surface area (Å²) in [4.78, 5) is 72.3. The number of hydrogen-bond donors (Lipinski definition) is 3. The second-order valence-electron chi connectivity index (χ2n) is 24.4. The maximum Gasteiger partial charge on any atom is 0.472 e. The minimum Gasteiger partial charge on any atom is -0.462 e. The summed E-state index contributed by atoms with van der Waals surface area (Å²) in [7, 11) is -9.90. The van der Waals surface area contributed by atoms with Gasteiger partial charge in [0.15, 0.2) is 12.2 Å². The first-order chi connectivity index (χ1) is 42.0. The average molecular weight is 1280 g/mol. The molecule has 17 nitrogen and oxygen atoms in total. The van der Waals surface area contributed by atoms with Gasteiger partial charge >= 0.3 is 39.5 Å². The van der Waals surface area contributed by atoms with Gasteiger partial charge < -0.3 is 33.8 Å². The molecule has 0 aromatic heterocycles. The lowest BCUT2D eigenvalue weighted by Crippen LogP contribution is -2.30. The third-order valence-corrected chi connectivity index (χ3v) is 17.1. The van der Waals surface area contributed by atoms with Gasteiger partial charge in [0, 0.05) is 25.7 Å². The van der Waals surface area contributed by atoms with Crippen molar-refractivity contribution in [3.05, 3.63) is 24.3 Å². The molecule has 0 fully saturated rings. The van der Waals surface area contributed by atoms with Crippen LogP contribution in [0.2, 0.25) is 0 Å². The lowest BCUT2D eigenvalue weighted by Gasteiger charge is -2.21. The number of aliphatic hydroxyl groups is 1. The lowest BCUT2D eigenvalue weighted by atomic mass is 10.0. The van der Waals surface area contributed by atoms with Gasteiger partial charge in [0.1, 0.15) is 19.3 Å². The van der Waals surface area contributed by atoms with Crippen molar-refractivity contribution < 1.29 is 80.2 Å². The smallest absolute Gasteiger partial charge is 0.462 e. The van der Waals surface area contributed by atoms with Crippen LogP contribution in [-0.4, -0.2) is 96.7 Å². The molecule has 5 atom stereocenters. The molecule has 0 aromatic rings. The molecule has 0 aliphatic rings. The highest BCUT2D eigenvalue weighted by Gasteiger charge is 2.30. The van der Waals surface area contributed by atoms with Crippen LogP contribution in [0.15, 0.2) is 24.3 Å². The minimum atomic E-state index is -4.96. The number of allylic oxidation sites excluding steroid dienone is 4. The van der Waals surface area contributed by atoms with E-state index in [9.17, 15) is 43.2 Å². The van der Waals surface area contributed by atoms with Crippen molar-refractivity contribution in [2.24, 2.45) is 5.92 Å². The van der Waals surface area contributed by atoms with Crippen LogP contribution in [0.25, 0.3) is 0 Å². The Morgan fingerprint density at radius 3 is 0.943 bits per heavy atom. The zero-order valence-corrected chi connectivity index (χ0v) is 57.4. The molecular formula is C68H128O17P2. The Kier molecular flexibility index (Phi) is 59.3. The summed E-state index contributed by atoms with van der Waals surface area (Å²) in [6.07, 6.45) is 49.5. The molecule has 0 aliphatic heterocycles. The van der Waals surface area contributed by atoms with Gasteiger partial charge in [0.25, 0.3) is 0 Å². The van der Waals surface area contributed by atoms with E-state index in [2.05, 4.69) is 58.9 Å². The molecule has 512 valence electrons. The zero-order valence-electron chi connectivity index (χ0n) is 55.6. The van der Waals surface area contributed by atoms with E-state index in [1.54, 1.807) is 0 Å². The molecule has 0 aliphatic carbocycles. The number of esters is 4. The van der Waals surface area contributed by atoms with E-state index in [4.69, 9.17) is 37.0 Å². The normalized spacial score (nSPS) is 14.3. The number of unbranched alkanes of at least 4 members (excludes halogenated alkanes) is 35. The molecule has 0 radical (unpaired) electrons. The predicted molar refractivity (Wildman–Crippen MR) is 349 cm³/mol. The monoisotopic (exact) mass is 1280 g/mol. The molecule has 0 heterocycles. The molecule has 0 rings (SSSR count). The standard InChI is InChI=1S/C68H128O17P2/c1-6-9-12-15-18-21-24-26-27-29-31-34-37-44-49-54-68(73)84-63(57-78-65(70)51-46-41-35-33-30-28-25-22-19-16-13-10-7-2)59-82-86(74,75)80-55-62(69)56-81-87(76,77)83-60-64(58-79-66(71)52-47-42-39-38-40-45-50-61(4)5)85-67(72)53-48-43-36-32-23-20-17-14-11-8-3/h21,24,26-27,61-64,69H,6-20,22-23,25,28-60H2,1-5H3,(H,74,75)(H,76,77)/b24-21-,27-26-/t62-,63-,64-/m1/s1. The summed E-state index contributed by atoms with van der Waals surface area (Å²) < 4.78 is 68.1. The molecule has 0 saturated heterocycles. The quantitative estimate of drug-likeness (QED) is 0.0169. The Morgan fingerprint density at radius 2 is 0.621 bits per heavy atom. The van der Waals surface area contributed by atoms with Crippen molar-refractivity contribution in [1.82, 2.24) is 0 Å². The Hall–Kier alpha value is -2.46. The number of rotatable bonds is 66. The molecular weight excluding hydrogens is 1150 g/mol. The second kappa shape index (κ2) is 61.1. The molecule has 2 unspecified atom stereocenters. The van der Waals surface area contributed by atoms with Crippen molar-refractivity contribution in [2.45, 2.75) is 342 Å². The number of hydrogen-bond acceptors (Lipinski definition) is 15. The van der Waals surface area contributed by atoms with Crippen LogP contribution in [0.1, 0.15) is 324 Å². The fraction of sp³-hybridized carbons (Fsp3) is 0.882. The summed E-state index contributed by atoms with van der Waals surface area (Å²) in [5.74, 6) is -1.48. The molecule has 87 heavy (non-hydrogen) atoms. The molecule has 3 N–H and O–H groups in total. The molecule has 0 amide bonds. The predicted octanol–water partition coefficient (Wildman–Crippen LogP) is 18.9. The fourth-order valence-electron chi connectivity index (χ4n) is 9.75. The van der Waals surface area contributed by atoms with E-state index in [1.165, 1.54) is 128 Å². The van der Waals surface area contributed by atoms with Gasteiger partial charge in [0.05, 0.1) is 26.4 Å². The number of carbonyl (C=O) groups is 4. The lowest BCUT2D eigenvalue weighted by molar-refractivity contribution is -0.161. The Bertz CT molecular complexity index is 1780. The van der Waals surface area contributed by atoms with Crippen molar-refractivity contribution in [2.75, 3.05) is 39.6 Å². The van der Waals surface area contributed by atoms with Crippen molar-refractivity contribution in [3.8, 4) is 0 Å². The average Bonchev–Trinajstić information content (AvgIpc) is 3.71. The second-order valence-corrected chi connectivity index (χ2v) is 27.3. The highest BCUT2D eigenvalue weighted by Crippen LogP contribution is 2.45. The third-order valence-electron chi connectivity index (χ3n) is 15.2. The molecule has 0 bridgehead atoms. The fourth-order valence-corrected chi connectivity index (χ4v) is 11.3. The van der Waals surface area contributed by atoms with Crippen LogP contribution in [0.3, 0.4) is 0 Å². The van der Waals surface area contributed by atoms with E-state index in [1.807, 2.05) is 0 Å². The summed E-state index contributed by atoms with van der Waals surface area (Å²) in [5, 5.41) is 10.6. The van der Waals surface area contributed by atoms with Crippen LogP contribution < -0.4 is 0 Å². The van der Waals surface area contributed by atoms with E-state index in [0.717, 1.165) is 109 Å². The molecule has 19 heteroatoms. The highest BCUT2D eigenvalue weighted by atomic mass is 31.2. The first-order valence-electron chi connectivity index (χ1n) is 35.0. The summed E-state index contributed by atoms with van der Waals surface area (Å²) in [5.41, 5.74) is 0. The van der Waals surface area contributed by atoms with Crippen LogP contribution in [-0.2, 0) is 65.4 Å². The van der Waals surface area contributed by atoms with Gasteiger partial charge in [-0.2, -0.15) is 0 Å². The Morgan fingerprint density at radius 1 is 0.356 bits per heavy atom. The van der Waals surface area contributed by atoms with Gasteiger partial charge in [-0.1, -0.05) is 271 Å². The summed E-state index contributed by atoms with van der Waals surface area (Å²) in [6.45, 7) is 7.07. The van der Waals surface area contributed by atoms with Gasteiger partial charge in [0.2, 0.25) is 0 Å². The number of carbonyl (C=O) groups excluding carboxylic acids is 4. The van der Waals surface area contributed by atoms with Crippen molar-refractivity contribution >= 4 is 39.5 Å². The SMILES string of the molecule is CCCCCC/C=C\C=C/CCCCCCCC(=O)O[C@H](COC(=O)CCCCCCCCCCCCCCC)COP(=O)(O)OC[C@@H](O)COP(=O)(O)OC[C@@H](COC(=O)CCCCCCCCC(C)C)OC(=O)CCCCCCCCCCCC. The summed E-state index contributed by atoms with van der Waals surface area (Å²) >= 11 is 0. The van der Waals surface area contributed by atoms with Gasteiger partial charge in [-0.05, 0) is 57.3 Å². The van der Waals surface area contributed by atoms with Gasteiger partial charge in [-0.25, -0.2) is 9.13 Å². The topological polar surface area (TPSA) is 237 Å². The Labute approximate surface area is 529 Å². The Balaban J connectivity index is 5.27.